The number of hydrogen-bond donors (Lipinski definition) is 3. The van der Waals surface area contributed by atoms with Crippen molar-refractivity contribution in [2.24, 2.45) is 10.3 Å². The summed E-state index contributed by atoms with van der Waals surface area (Å²) >= 11 is 4.62. The van der Waals surface area contributed by atoms with E-state index in [4.69, 9.17) is 15.2 Å². The van der Waals surface area contributed by atoms with Gasteiger partial charge in [0.25, 0.3) is 0 Å². The highest BCUT2D eigenvalue weighted by Crippen LogP contribution is 2.35. The van der Waals surface area contributed by atoms with Gasteiger partial charge in [-0.05, 0) is 30.9 Å². The van der Waals surface area contributed by atoms with Crippen LogP contribution in [-0.2, 0) is 17.2 Å². The molecule has 2 fully saturated rings. The van der Waals surface area contributed by atoms with Crippen LogP contribution >= 0.6 is 0 Å². The van der Waals surface area contributed by atoms with Crippen LogP contribution in [0, 0.1) is 23.6 Å². The summed E-state index contributed by atoms with van der Waals surface area (Å²) in [6.07, 6.45) is 0.891. The van der Waals surface area contributed by atoms with Crippen LogP contribution in [0.25, 0.3) is 11.0 Å². The fourth-order valence-corrected chi connectivity index (χ4v) is 4.10. The summed E-state index contributed by atoms with van der Waals surface area (Å²) in [7, 11) is 0. The molecule has 1 aliphatic carbocycles. The Morgan fingerprint density at radius 1 is 1.26 bits per heavy atom. The molecule has 2 aliphatic rings. The summed E-state index contributed by atoms with van der Waals surface area (Å²) in [4.78, 5) is 8.31. The van der Waals surface area contributed by atoms with Gasteiger partial charge in [-0.3, -0.25) is 0 Å². The number of aromatic nitrogens is 3. The number of nitrogen functional groups attached to an aromatic ring is 1. The van der Waals surface area contributed by atoms with Gasteiger partial charge in [0.15, 0.2) is 6.23 Å². The van der Waals surface area contributed by atoms with E-state index in [1.54, 1.807) is 18.3 Å². The van der Waals surface area contributed by atoms with Crippen LogP contribution in [0.2, 0.25) is 0 Å². The van der Waals surface area contributed by atoms with E-state index in [-0.39, 0.29) is 17.9 Å². The van der Waals surface area contributed by atoms with Gasteiger partial charge in [-0.1, -0.05) is 17.9 Å². The Kier molecular flexibility index (Phi) is 6.14. The maximum absolute atomic E-state index is 14.6. The molecule has 0 unspecified atom stereocenters. The predicted octanol–water partition coefficient (Wildman–Crippen LogP) is 1.69. The molecule has 5 rings (SSSR count). The zero-order chi connectivity index (χ0) is 23.8. The molecule has 1 saturated carbocycles. The lowest BCUT2D eigenvalue weighted by molar-refractivity contribution is -0.0316. The third-order valence-corrected chi connectivity index (χ3v) is 6.12. The Morgan fingerprint density at radius 2 is 2.09 bits per heavy atom. The molecule has 4 N–H and O–H groups in total. The number of anilines is 1. The highest BCUT2D eigenvalue weighted by molar-refractivity contribution is 7.47. The normalized spacial score (nSPS) is 24.1. The van der Waals surface area contributed by atoms with Crippen molar-refractivity contribution >= 4 is 29.3 Å². The van der Waals surface area contributed by atoms with Gasteiger partial charge in [-0.15, -0.1) is 0 Å². The van der Waals surface area contributed by atoms with Crippen LogP contribution < -0.4 is 10.5 Å². The predicted molar refractivity (Wildman–Crippen MR) is 123 cm³/mol. The molecule has 4 atom stereocenters. The van der Waals surface area contributed by atoms with Gasteiger partial charge in [-0.25, -0.2) is 18.7 Å². The van der Waals surface area contributed by atoms with Crippen molar-refractivity contribution in [1.82, 2.24) is 14.5 Å². The van der Waals surface area contributed by atoms with Crippen molar-refractivity contribution in [3.8, 4) is 17.6 Å². The zero-order valence-corrected chi connectivity index (χ0v) is 18.8. The Hall–Kier alpha value is -3.17. The molecule has 0 bridgehead atoms. The van der Waals surface area contributed by atoms with Crippen LogP contribution in [0.4, 0.5) is 10.2 Å². The van der Waals surface area contributed by atoms with E-state index in [1.165, 1.54) is 17.0 Å². The van der Waals surface area contributed by atoms with Gasteiger partial charge in [0.1, 0.15) is 53.2 Å². The zero-order valence-electron chi connectivity index (χ0n) is 18.0. The molecule has 1 aliphatic heterocycles. The summed E-state index contributed by atoms with van der Waals surface area (Å²) < 4.78 is 31.3. The van der Waals surface area contributed by atoms with Crippen LogP contribution in [0.15, 0.2) is 35.1 Å². The van der Waals surface area contributed by atoms with E-state index in [9.17, 15) is 14.6 Å². The van der Waals surface area contributed by atoms with Crippen LogP contribution in [0.3, 0.4) is 0 Å². The molecule has 1 aromatic carbocycles. The molecule has 0 amide bonds. The van der Waals surface area contributed by atoms with E-state index in [2.05, 4.69) is 38.6 Å². The van der Waals surface area contributed by atoms with Crippen LogP contribution in [0.1, 0.15) is 30.2 Å². The number of fused-ring (bicyclic) bond motifs is 1. The highest BCUT2D eigenvalue weighted by atomic mass is 32.1. The smallest absolute Gasteiger partial charge is 0.164 e. The number of rotatable bonds is 6. The monoisotopic (exact) mass is 483 g/mol. The SMILES string of the molecule is Nc1ncnc2c1c(C#Cc1c(F)cccc1OCC1CC1)cn2[C@@H]1O[C@H](CN=S)[C@@H](O)[C@H]1O. The molecule has 9 nitrogen and oxygen atoms in total. The fraction of sp³-hybridized carbons (Fsp3) is 0.391. The topological polar surface area (TPSA) is 128 Å². The van der Waals surface area contributed by atoms with Gasteiger partial charge >= 0.3 is 0 Å². The average Bonchev–Trinajstić information content (AvgIpc) is 3.52. The standard InChI is InChI=1S/C23H22FN5O4S/c24-15-2-1-3-16(32-10-12-4-5-12)14(15)7-6-13-9-29(22-18(13)21(25)26-11-27-22)23-20(31)19(30)17(33-23)8-28-34/h1-3,9,11-12,17,19-20,23,30-31H,4-5,8,10H2,(H2,25,26,27)/t17-,19-,20-,23-/m1/s1. The molecule has 0 radical (unpaired) electrons. The number of hydrogen-bond acceptors (Lipinski definition) is 9. The molecule has 11 heteroatoms. The minimum absolute atomic E-state index is 0.0456. The van der Waals surface area contributed by atoms with Gasteiger partial charge in [-0.2, -0.15) is 0 Å². The lowest BCUT2D eigenvalue weighted by atomic mass is 10.1. The summed E-state index contributed by atoms with van der Waals surface area (Å²) in [6.45, 7) is 0.569. The lowest BCUT2D eigenvalue weighted by Gasteiger charge is -2.17. The second kappa shape index (κ2) is 9.23. The molecule has 1 saturated heterocycles. The minimum atomic E-state index is -1.26. The van der Waals surface area contributed by atoms with E-state index in [0.717, 1.165) is 12.8 Å². The largest absolute Gasteiger partial charge is 0.492 e. The summed E-state index contributed by atoms with van der Waals surface area (Å²) in [5.74, 6) is 6.35. The fourth-order valence-electron chi connectivity index (χ4n) is 3.95. The number of halogens is 1. The number of aliphatic hydroxyl groups excluding tert-OH is 2. The van der Waals surface area contributed by atoms with Gasteiger partial charge in [0.2, 0.25) is 0 Å². The van der Waals surface area contributed by atoms with Crippen molar-refractivity contribution in [3.05, 3.63) is 47.7 Å². The van der Waals surface area contributed by atoms with E-state index in [0.29, 0.717) is 34.9 Å². The number of nitrogens with two attached hydrogens (primary N) is 1. The Bertz CT molecular complexity index is 1300. The molecule has 176 valence electrons. The summed E-state index contributed by atoms with van der Waals surface area (Å²) in [5, 5.41) is 21.3. The number of benzene rings is 1. The Labute approximate surface area is 199 Å². The number of nitrogens with zero attached hydrogens (tertiary/aromatic N) is 4. The van der Waals surface area contributed by atoms with Crippen molar-refractivity contribution < 1.29 is 24.1 Å². The molecule has 34 heavy (non-hydrogen) atoms. The molecule has 2 aromatic heterocycles. The maximum Gasteiger partial charge on any atom is 0.164 e. The van der Waals surface area contributed by atoms with E-state index in [1.807, 2.05) is 0 Å². The first-order valence-electron chi connectivity index (χ1n) is 10.8. The minimum Gasteiger partial charge on any atom is -0.492 e. The summed E-state index contributed by atoms with van der Waals surface area (Å²) in [6, 6.07) is 4.59. The Balaban J connectivity index is 1.55. The maximum atomic E-state index is 14.6. The van der Waals surface area contributed by atoms with Crippen molar-refractivity contribution in [1.29, 1.82) is 0 Å². The molecule has 3 aromatic rings. The molecular weight excluding hydrogens is 461 g/mol. The van der Waals surface area contributed by atoms with Crippen LogP contribution in [-0.4, -0.2) is 56.2 Å². The first-order chi connectivity index (χ1) is 16.5. The quantitative estimate of drug-likeness (QED) is 0.452. The van der Waals surface area contributed by atoms with E-state index < -0.39 is 30.4 Å². The lowest BCUT2D eigenvalue weighted by Crippen LogP contribution is -2.32. The molecule has 0 spiro atoms. The third-order valence-electron chi connectivity index (χ3n) is 5.97. The van der Waals surface area contributed by atoms with Crippen molar-refractivity contribution in [2.45, 2.75) is 37.4 Å². The third kappa shape index (κ3) is 4.21. The summed E-state index contributed by atoms with van der Waals surface area (Å²) in [5.41, 5.74) is 7.01. The van der Waals surface area contributed by atoms with Crippen molar-refractivity contribution in [3.63, 3.8) is 0 Å². The Morgan fingerprint density at radius 3 is 2.85 bits per heavy atom. The first-order valence-corrected chi connectivity index (χ1v) is 11.2. The molecular formula is C23H22FN5O4S. The second-order valence-electron chi connectivity index (χ2n) is 8.38. The number of aliphatic hydroxyl groups is 2. The first kappa shape index (κ1) is 22.6. The number of ether oxygens (including phenoxy) is 2. The average molecular weight is 484 g/mol. The van der Waals surface area contributed by atoms with Gasteiger partial charge < -0.3 is 30.0 Å². The van der Waals surface area contributed by atoms with Crippen LogP contribution in [0.5, 0.6) is 5.75 Å². The molecule has 3 heterocycles. The second-order valence-corrected chi connectivity index (χ2v) is 8.64. The van der Waals surface area contributed by atoms with Crippen molar-refractivity contribution in [2.75, 3.05) is 18.9 Å². The van der Waals surface area contributed by atoms with Gasteiger partial charge in [0, 0.05) is 18.6 Å². The highest BCUT2D eigenvalue weighted by Gasteiger charge is 2.44. The van der Waals surface area contributed by atoms with E-state index >= 15 is 0 Å². The van der Waals surface area contributed by atoms with Gasteiger partial charge in [0.05, 0.1) is 24.1 Å².